The molecule has 4 N–H and O–H groups in total. The van der Waals surface area contributed by atoms with Gasteiger partial charge < -0.3 is 29.9 Å². The molecule has 0 saturated heterocycles. The largest absolute Gasteiger partial charge is 0.478 e. The molecule has 0 fully saturated rings. The van der Waals surface area contributed by atoms with Crippen LogP contribution in [0.25, 0.3) is 0 Å². The van der Waals surface area contributed by atoms with Crippen molar-refractivity contribution in [2.45, 2.75) is 5.41 Å². The first-order valence-corrected chi connectivity index (χ1v) is 15.5. The van der Waals surface area contributed by atoms with E-state index in [9.17, 15) is 39.6 Å². The number of carbonyl (C=O) groups is 4. The lowest BCUT2D eigenvalue weighted by atomic mass is 9.65. The zero-order chi connectivity index (χ0) is 36.1. The molecule has 0 saturated carbocycles. The maximum atomic E-state index is 11.7. The number of carboxylic acids is 4. The number of rotatable bonds is 12. The highest BCUT2D eigenvalue weighted by Crippen LogP contribution is 2.46. The molecule has 0 aliphatic heterocycles. The Morgan fingerprint density at radius 2 is 0.647 bits per heavy atom. The molecule has 0 unspecified atom stereocenters. The van der Waals surface area contributed by atoms with E-state index in [-0.39, 0.29) is 22.6 Å². The lowest BCUT2D eigenvalue weighted by Crippen LogP contribution is -2.30. The van der Waals surface area contributed by atoms with Crippen molar-refractivity contribution in [1.29, 1.82) is 0 Å². The van der Waals surface area contributed by atoms with E-state index in [1.54, 1.807) is 24.3 Å². The summed E-state index contributed by atoms with van der Waals surface area (Å²) in [6, 6.07) is 41.9. The van der Waals surface area contributed by atoms with Crippen molar-refractivity contribution in [3.05, 3.63) is 190 Å². The van der Waals surface area contributed by atoms with E-state index >= 15 is 0 Å². The second kappa shape index (κ2) is 14.1. The molecule has 0 aliphatic rings. The van der Waals surface area contributed by atoms with Gasteiger partial charge in [0.1, 0.15) is 23.0 Å². The van der Waals surface area contributed by atoms with Gasteiger partial charge >= 0.3 is 23.9 Å². The second-order valence-corrected chi connectivity index (χ2v) is 11.4. The summed E-state index contributed by atoms with van der Waals surface area (Å²) in [6.45, 7) is 0. The molecule has 0 aliphatic carbocycles. The Bertz CT molecular complexity index is 2080. The summed E-state index contributed by atoms with van der Waals surface area (Å²) >= 11 is 0. The van der Waals surface area contributed by atoms with Gasteiger partial charge in [-0.1, -0.05) is 84.9 Å². The van der Waals surface area contributed by atoms with Gasteiger partial charge in [0.05, 0.1) is 27.7 Å². The number of hydrogen-bond acceptors (Lipinski definition) is 6. The predicted molar refractivity (Wildman–Crippen MR) is 186 cm³/mol. The molecule has 0 atom stereocenters. The first-order chi connectivity index (χ1) is 24.6. The maximum Gasteiger partial charge on any atom is 0.336 e. The lowest BCUT2D eigenvalue weighted by molar-refractivity contribution is 0.0651. The summed E-state index contributed by atoms with van der Waals surface area (Å²) in [5.41, 5.74) is 1.28. The van der Waals surface area contributed by atoms with Crippen LogP contribution in [0.2, 0.25) is 0 Å². The summed E-state index contributed by atoms with van der Waals surface area (Å²) in [6.07, 6.45) is 0. The summed E-state index contributed by atoms with van der Waals surface area (Å²) in [4.78, 5) is 46.4. The Kier molecular flexibility index (Phi) is 9.32. The molecule has 10 heteroatoms. The normalized spacial score (nSPS) is 11.0. The van der Waals surface area contributed by atoms with Crippen molar-refractivity contribution in [2.75, 3.05) is 0 Å². The third-order valence-corrected chi connectivity index (χ3v) is 8.36. The van der Waals surface area contributed by atoms with Gasteiger partial charge in [0, 0.05) is 0 Å². The topological polar surface area (TPSA) is 168 Å². The number of aromatic carboxylic acids is 4. The van der Waals surface area contributed by atoms with Crippen molar-refractivity contribution in [2.24, 2.45) is 0 Å². The molecule has 10 nitrogen and oxygen atoms in total. The van der Waals surface area contributed by atoms with Crippen LogP contribution in [-0.2, 0) is 5.41 Å². The predicted octanol–water partition coefficient (Wildman–Crippen LogP) is 8.45. The summed E-state index contributed by atoms with van der Waals surface area (Å²) in [7, 11) is 0. The van der Waals surface area contributed by atoms with Crippen LogP contribution in [-0.4, -0.2) is 44.3 Å². The molecule has 0 radical (unpaired) electrons. The molecule has 0 spiro atoms. The summed E-state index contributed by atoms with van der Waals surface area (Å²) in [5, 5.41) is 37.8. The highest BCUT2D eigenvalue weighted by molar-refractivity contribution is 6.02. The van der Waals surface area contributed by atoms with Crippen LogP contribution in [0.4, 0.5) is 0 Å². The van der Waals surface area contributed by atoms with Gasteiger partial charge in [-0.2, -0.15) is 0 Å². The fourth-order valence-electron chi connectivity index (χ4n) is 6.09. The minimum Gasteiger partial charge on any atom is -0.478 e. The van der Waals surface area contributed by atoms with E-state index in [0.717, 1.165) is 22.3 Å². The highest BCUT2D eigenvalue weighted by atomic mass is 16.5. The average molecular weight is 681 g/mol. The second-order valence-electron chi connectivity index (χ2n) is 11.4. The Labute approximate surface area is 291 Å². The molecule has 0 bridgehead atoms. The molecule has 6 rings (SSSR count). The SMILES string of the molecule is O=C(O)c1ccc(Oc2ccc(C(c3ccccc3)(c3ccccc3)c3ccc(Oc4ccc(C(=O)O)c(C(=O)O)c4)cc3)cc2)cc1C(=O)O. The number of benzene rings is 6. The van der Waals surface area contributed by atoms with Crippen LogP contribution in [0.5, 0.6) is 23.0 Å². The molecule has 0 aromatic heterocycles. The minimum absolute atomic E-state index is 0.159. The van der Waals surface area contributed by atoms with E-state index in [1.807, 2.05) is 84.9 Å². The Balaban J connectivity index is 1.41. The fraction of sp³-hybridized carbons (Fsp3) is 0.0244. The Morgan fingerprint density at radius 1 is 0.353 bits per heavy atom. The van der Waals surface area contributed by atoms with Gasteiger partial charge in [-0.15, -0.1) is 0 Å². The van der Waals surface area contributed by atoms with E-state index in [0.29, 0.717) is 11.5 Å². The third kappa shape index (κ3) is 6.74. The lowest BCUT2D eigenvalue weighted by Gasteiger charge is -2.37. The third-order valence-electron chi connectivity index (χ3n) is 8.36. The number of carboxylic acid groups (broad SMARTS) is 4. The molecule has 0 heterocycles. The first kappa shape index (κ1) is 33.7. The fourth-order valence-corrected chi connectivity index (χ4v) is 6.09. The first-order valence-electron chi connectivity index (χ1n) is 15.5. The number of hydrogen-bond donors (Lipinski definition) is 4. The maximum absolute atomic E-state index is 11.7. The smallest absolute Gasteiger partial charge is 0.336 e. The standard InChI is InChI=1S/C41H28O10/c42-37(43)33-21-19-31(23-35(33)39(46)47)50-29-15-11-27(12-16-29)41(25-7-3-1-4-8-25,26-9-5-2-6-10-26)28-13-17-30(18-14-28)51-32-20-22-34(38(44)45)36(24-32)40(48)49/h1-24H,(H,42,43)(H,44,45)(H,46,47)(H,48,49). The molecular formula is C41H28O10. The molecule has 252 valence electrons. The zero-order valence-corrected chi connectivity index (χ0v) is 26.6. The minimum atomic E-state index is -1.39. The van der Waals surface area contributed by atoms with Crippen molar-refractivity contribution in [1.82, 2.24) is 0 Å². The van der Waals surface area contributed by atoms with Crippen molar-refractivity contribution in [3.8, 4) is 23.0 Å². The molecular weight excluding hydrogens is 652 g/mol. The Hall–Kier alpha value is -7.20. The van der Waals surface area contributed by atoms with Crippen LogP contribution in [0.1, 0.15) is 63.7 Å². The molecule has 51 heavy (non-hydrogen) atoms. The monoisotopic (exact) mass is 680 g/mol. The van der Waals surface area contributed by atoms with E-state index in [4.69, 9.17) is 9.47 Å². The van der Waals surface area contributed by atoms with E-state index in [1.165, 1.54) is 36.4 Å². The van der Waals surface area contributed by atoms with Crippen molar-refractivity contribution < 1.29 is 49.1 Å². The van der Waals surface area contributed by atoms with Gasteiger partial charge in [0.25, 0.3) is 0 Å². The van der Waals surface area contributed by atoms with Gasteiger partial charge in [0.2, 0.25) is 0 Å². The molecule has 0 amide bonds. The van der Waals surface area contributed by atoms with Crippen LogP contribution in [0.3, 0.4) is 0 Å². The van der Waals surface area contributed by atoms with Crippen LogP contribution in [0.15, 0.2) is 146 Å². The van der Waals surface area contributed by atoms with Gasteiger partial charge in [-0.05, 0) is 82.9 Å². The average Bonchev–Trinajstić information content (AvgIpc) is 3.14. The van der Waals surface area contributed by atoms with Gasteiger partial charge in [-0.3, -0.25) is 0 Å². The quantitative estimate of drug-likeness (QED) is 0.0921. The zero-order valence-electron chi connectivity index (χ0n) is 26.6. The molecule has 6 aromatic rings. The number of ether oxygens (including phenoxy) is 2. The summed E-state index contributed by atoms with van der Waals surface area (Å²) < 4.78 is 11.9. The van der Waals surface area contributed by atoms with E-state index < -0.39 is 40.4 Å². The van der Waals surface area contributed by atoms with Crippen LogP contribution >= 0.6 is 0 Å². The van der Waals surface area contributed by atoms with Crippen LogP contribution < -0.4 is 9.47 Å². The Morgan fingerprint density at radius 3 is 0.961 bits per heavy atom. The van der Waals surface area contributed by atoms with E-state index in [2.05, 4.69) is 0 Å². The van der Waals surface area contributed by atoms with Gasteiger partial charge in [0.15, 0.2) is 0 Å². The van der Waals surface area contributed by atoms with Crippen molar-refractivity contribution >= 4 is 23.9 Å². The van der Waals surface area contributed by atoms with Crippen molar-refractivity contribution in [3.63, 3.8) is 0 Å². The van der Waals surface area contributed by atoms with Crippen LogP contribution in [0, 0.1) is 0 Å². The molecule has 6 aromatic carbocycles. The summed E-state index contributed by atoms with van der Waals surface area (Å²) in [5.74, 6) is -4.39. The highest BCUT2D eigenvalue weighted by Gasteiger charge is 2.38. The van der Waals surface area contributed by atoms with Gasteiger partial charge in [-0.25, -0.2) is 19.2 Å².